The molecule has 0 aromatic carbocycles. The number of aliphatic hydroxyl groups is 3. The molecule has 33 heavy (non-hydrogen) atoms. The van der Waals surface area contributed by atoms with Gasteiger partial charge in [0.25, 0.3) is 0 Å². The Labute approximate surface area is 203 Å². The molecular formula is C28H53NO4. The molecule has 5 nitrogen and oxygen atoms in total. The summed E-state index contributed by atoms with van der Waals surface area (Å²) in [5, 5.41) is 32.5. The van der Waals surface area contributed by atoms with E-state index in [1.807, 2.05) is 6.08 Å². The molecule has 4 N–H and O–H groups in total. The molecule has 5 heteroatoms. The molecule has 0 aliphatic carbocycles. The topological polar surface area (TPSA) is 89.8 Å². The number of nitrogens with one attached hydrogen (secondary N) is 1. The molecule has 0 aromatic heterocycles. The summed E-state index contributed by atoms with van der Waals surface area (Å²) < 4.78 is 0. The van der Waals surface area contributed by atoms with Crippen LogP contribution >= 0.6 is 0 Å². The van der Waals surface area contributed by atoms with Gasteiger partial charge in [0.15, 0.2) is 0 Å². The van der Waals surface area contributed by atoms with E-state index >= 15 is 0 Å². The summed E-state index contributed by atoms with van der Waals surface area (Å²) in [6, 6.07) is -0.805. The largest absolute Gasteiger partial charge is 0.394 e. The maximum Gasteiger partial charge on any atom is 0.249 e. The summed E-state index contributed by atoms with van der Waals surface area (Å²) >= 11 is 0. The quantitative estimate of drug-likeness (QED) is 0.110. The Balaban J connectivity index is 3.94. The molecule has 0 radical (unpaired) electrons. The van der Waals surface area contributed by atoms with E-state index in [1.165, 1.54) is 64.2 Å². The highest BCUT2D eigenvalue weighted by Crippen LogP contribution is 2.12. The predicted molar refractivity (Wildman–Crippen MR) is 139 cm³/mol. The van der Waals surface area contributed by atoms with Gasteiger partial charge in [0.1, 0.15) is 6.10 Å². The number of hydrogen-bond donors (Lipinski definition) is 4. The molecule has 0 saturated heterocycles. The summed E-state index contributed by atoms with van der Waals surface area (Å²) in [4.78, 5) is 12.2. The first-order valence-corrected chi connectivity index (χ1v) is 13.7. The van der Waals surface area contributed by atoms with E-state index in [2.05, 4.69) is 31.3 Å². The summed E-state index contributed by atoms with van der Waals surface area (Å²) in [7, 11) is 0. The highest BCUT2D eigenvalue weighted by Gasteiger charge is 2.22. The van der Waals surface area contributed by atoms with Crippen molar-refractivity contribution < 1.29 is 20.1 Å². The maximum absolute atomic E-state index is 12.2. The minimum absolute atomic E-state index is 0.375. The molecule has 0 rings (SSSR count). The lowest BCUT2D eigenvalue weighted by atomic mass is 10.0. The Kier molecular flexibility index (Phi) is 23.1. The molecule has 0 heterocycles. The Morgan fingerprint density at radius 1 is 0.727 bits per heavy atom. The lowest BCUT2D eigenvalue weighted by Crippen LogP contribution is -2.48. The van der Waals surface area contributed by atoms with Gasteiger partial charge in [0.2, 0.25) is 5.91 Å². The number of allylic oxidation sites excluding steroid dienone is 3. The molecule has 3 atom stereocenters. The van der Waals surface area contributed by atoms with Crippen molar-refractivity contribution in [3.05, 3.63) is 24.3 Å². The molecule has 0 fully saturated rings. The van der Waals surface area contributed by atoms with Crippen LogP contribution in [0.5, 0.6) is 0 Å². The SMILES string of the molecule is CCCCC/C=C/CC/C=C/C(O)C(CO)NC(=O)C(O)CCCCCCCCCCCC. The third-order valence-corrected chi connectivity index (χ3v) is 6.04. The van der Waals surface area contributed by atoms with Crippen molar-refractivity contribution in [2.45, 2.75) is 141 Å². The first-order chi connectivity index (χ1) is 16.1. The summed E-state index contributed by atoms with van der Waals surface area (Å²) in [6.45, 7) is 4.05. The minimum Gasteiger partial charge on any atom is -0.394 e. The van der Waals surface area contributed by atoms with Crippen LogP contribution in [0.2, 0.25) is 0 Å². The normalized spacial score (nSPS) is 14.7. The standard InChI is InChI=1S/C28H53NO4/c1-3-5-7-9-11-13-15-17-19-21-23-27(32)28(33)29-25(24-30)26(31)22-20-18-16-14-12-10-8-6-4-2/h12,14,20,22,25-27,30-32H,3-11,13,15-19,21,23-24H2,1-2H3,(H,29,33)/b14-12+,22-20+. The van der Waals surface area contributed by atoms with Crippen LogP contribution in [0.4, 0.5) is 0 Å². The molecule has 0 aliphatic rings. The molecule has 3 unspecified atom stereocenters. The van der Waals surface area contributed by atoms with Crippen LogP contribution in [0.3, 0.4) is 0 Å². The number of carbonyl (C=O) groups is 1. The maximum atomic E-state index is 12.2. The van der Waals surface area contributed by atoms with E-state index in [-0.39, 0.29) is 6.61 Å². The van der Waals surface area contributed by atoms with Crippen LogP contribution in [0, 0.1) is 0 Å². The van der Waals surface area contributed by atoms with Crippen molar-refractivity contribution in [2.24, 2.45) is 0 Å². The van der Waals surface area contributed by atoms with Gasteiger partial charge < -0.3 is 20.6 Å². The highest BCUT2D eigenvalue weighted by molar-refractivity contribution is 5.80. The Morgan fingerprint density at radius 2 is 1.24 bits per heavy atom. The van der Waals surface area contributed by atoms with Crippen LogP contribution in [0.15, 0.2) is 24.3 Å². The number of rotatable bonds is 23. The second kappa shape index (κ2) is 24.0. The van der Waals surface area contributed by atoms with E-state index in [0.29, 0.717) is 6.42 Å². The molecule has 0 aliphatic heterocycles. The van der Waals surface area contributed by atoms with Crippen molar-refractivity contribution in [1.82, 2.24) is 5.32 Å². The second-order valence-corrected chi connectivity index (χ2v) is 9.25. The van der Waals surface area contributed by atoms with Crippen LogP contribution in [-0.2, 0) is 4.79 Å². The molecule has 0 spiro atoms. The summed E-state index contributed by atoms with van der Waals surface area (Å²) in [5.74, 6) is -0.521. The van der Waals surface area contributed by atoms with Crippen molar-refractivity contribution in [2.75, 3.05) is 6.61 Å². The number of carbonyl (C=O) groups excluding carboxylic acids is 1. The predicted octanol–water partition coefficient (Wildman–Crippen LogP) is 5.97. The van der Waals surface area contributed by atoms with Crippen molar-refractivity contribution in [3.63, 3.8) is 0 Å². The van der Waals surface area contributed by atoms with Crippen LogP contribution in [-0.4, -0.2) is 46.1 Å². The number of amides is 1. The molecule has 0 bridgehead atoms. The average Bonchev–Trinajstić information content (AvgIpc) is 2.82. The van der Waals surface area contributed by atoms with Gasteiger partial charge in [-0.2, -0.15) is 0 Å². The third-order valence-electron chi connectivity index (χ3n) is 6.04. The van der Waals surface area contributed by atoms with E-state index in [0.717, 1.165) is 38.5 Å². The van der Waals surface area contributed by atoms with Gasteiger partial charge in [-0.25, -0.2) is 0 Å². The Bertz CT molecular complexity index is 492. The van der Waals surface area contributed by atoms with Crippen LogP contribution in [0.25, 0.3) is 0 Å². The van der Waals surface area contributed by atoms with Gasteiger partial charge in [-0.3, -0.25) is 4.79 Å². The number of hydrogen-bond acceptors (Lipinski definition) is 4. The summed E-state index contributed by atoms with van der Waals surface area (Å²) in [5.41, 5.74) is 0. The second-order valence-electron chi connectivity index (χ2n) is 9.25. The third kappa shape index (κ3) is 20.0. The van der Waals surface area contributed by atoms with Crippen LogP contribution in [0.1, 0.15) is 123 Å². The molecule has 0 aromatic rings. The first kappa shape index (κ1) is 31.8. The minimum atomic E-state index is -1.10. The monoisotopic (exact) mass is 467 g/mol. The number of aliphatic hydroxyl groups excluding tert-OH is 3. The van der Waals surface area contributed by atoms with Gasteiger partial charge >= 0.3 is 0 Å². The smallest absolute Gasteiger partial charge is 0.249 e. The molecular weight excluding hydrogens is 414 g/mol. The fourth-order valence-electron chi connectivity index (χ4n) is 3.78. The molecule has 0 saturated carbocycles. The zero-order valence-electron chi connectivity index (χ0n) is 21.5. The zero-order chi connectivity index (χ0) is 24.6. The number of unbranched alkanes of at least 4 members (excludes halogenated alkanes) is 13. The fourth-order valence-corrected chi connectivity index (χ4v) is 3.78. The van der Waals surface area contributed by atoms with E-state index in [4.69, 9.17) is 0 Å². The van der Waals surface area contributed by atoms with Gasteiger partial charge in [-0.1, -0.05) is 115 Å². The van der Waals surface area contributed by atoms with Crippen molar-refractivity contribution >= 4 is 5.91 Å². The lowest BCUT2D eigenvalue weighted by molar-refractivity contribution is -0.131. The zero-order valence-corrected chi connectivity index (χ0v) is 21.5. The van der Waals surface area contributed by atoms with E-state index < -0.39 is 24.2 Å². The first-order valence-electron chi connectivity index (χ1n) is 13.7. The summed E-state index contributed by atoms with van der Waals surface area (Å²) in [6.07, 6.45) is 24.8. The van der Waals surface area contributed by atoms with Gasteiger partial charge in [0, 0.05) is 0 Å². The molecule has 1 amide bonds. The van der Waals surface area contributed by atoms with Crippen LogP contribution < -0.4 is 5.32 Å². The van der Waals surface area contributed by atoms with Gasteiger partial charge in [0.05, 0.1) is 18.8 Å². The van der Waals surface area contributed by atoms with Crippen molar-refractivity contribution in [3.8, 4) is 0 Å². The van der Waals surface area contributed by atoms with E-state index in [9.17, 15) is 20.1 Å². The molecule has 194 valence electrons. The fraction of sp³-hybridized carbons (Fsp3) is 0.821. The van der Waals surface area contributed by atoms with Crippen molar-refractivity contribution in [1.29, 1.82) is 0 Å². The lowest BCUT2D eigenvalue weighted by Gasteiger charge is -2.21. The Morgan fingerprint density at radius 3 is 1.85 bits per heavy atom. The van der Waals surface area contributed by atoms with Gasteiger partial charge in [-0.15, -0.1) is 0 Å². The highest BCUT2D eigenvalue weighted by atomic mass is 16.3. The average molecular weight is 468 g/mol. The Hall–Kier alpha value is -1.17. The van der Waals surface area contributed by atoms with Gasteiger partial charge in [-0.05, 0) is 32.1 Å². The van der Waals surface area contributed by atoms with E-state index in [1.54, 1.807) is 6.08 Å².